The fourth-order valence-electron chi connectivity index (χ4n) is 2.50. The smallest absolute Gasteiger partial charge is 0.230 e. The third-order valence-electron chi connectivity index (χ3n) is 3.95. The first kappa shape index (κ1) is 20.2. The Balaban J connectivity index is 1.41. The van der Waals surface area contributed by atoms with E-state index in [1.54, 1.807) is 7.11 Å². The summed E-state index contributed by atoms with van der Waals surface area (Å²) in [7, 11) is 1.65. The van der Waals surface area contributed by atoms with Gasteiger partial charge in [-0.2, -0.15) is 0 Å². The van der Waals surface area contributed by atoms with Crippen LogP contribution in [0, 0.1) is 6.92 Å². The zero-order valence-corrected chi connectivity index (χ0v) is 17.4. The average Bonchev–Trinajstić information content (AvgIpc) is 3.16. The number of ether oxygens (including phenoxy) is 1. The molecule has 0 aliphatic rings. The highest BCUT2D eigenvalue weighted by atomic mass is 32.2. The van der Waals surface area contributed by atoms with Gasteiger partial charge in [-0.25, -0.2) is 0 Å². The molecular weight excluding hydrogens is 392 g/mol. The molecule has 0 spiro atoms. The molecule has 1 heterocycles. The highest BCUT2D eigenvalue weighted by Crippen LogP contribution is 2.27. The van der Waals surface area contributed by atoms with Gasteiger partial charge < -0.3 is 15.4 Å². The number of carbonyl (C=O) groups is 1. The predicted molar refractivity (Wildman–Crippen MR) is 115 cm³/mol. The summed E-state index contributed by atoms with van der Waals surface area (Å²) in [4.78, 5) is 12.1. The number of anilines is 2. The number of hydrogen-bond donors (Lipinski definition) is 2. The van der Waals surface area contributed by atoms with Crippen LogP contribution in [0.15, 0.2) is 52.9 Å². The number of para-hydroxylation sites is 1. The van der Waals surface area contributed by atoms with Gasteiger partial charge in [-0.3, -0.25) is 4.79 Å². The summed E-state index contributed by atoms with van der Waals surface area (Å²) in [6.07, 6.45) is 0.726. The molecule has 0 aliphatic carbocycles. The number of amides is 1. The SMILES string of the molecule is COc1ccccc1CCNC(=O)CSc1nnc(Nc2ccc(C)cc2)s1. The normalized spacial score (nSPS) is 10.5. The largest absolute Gasteiger partial charge is 0.496 e. The Morgan fingerprint density at radius 2 is 1.93 bits per heavy atom. The van der Waals surface area contributed by atoms with Crippen molar-refractivity contribution in [2.75, 3.05) is 24.7 Å². The molecule has 3 rings (SSSR count). The standard InChI is InChI=1S/C20H22N4O2S2/c1-14-7-9-16(10-8-14)22-19-23-24-20(28-19)27-13-18(25)21-12-11-15-5-3-4-6-17(15)26-2/h3-10H,11-13H2,1-2H3,(H,21,25)(H,22,23). The fraction of sp³-hybridized carbons (Fsp3) is 0.250. The summed E-state index contributed by atoms with van der Waals surface area (Å²) < 4.78 is 6.08. The zero-order chi connectivity index (χ0) is 19.8. The van der Waals surface area contributed by atoms with Gasteiger partial charge in [0.05, 0.1) is 12.9 Å². The minimum Gasteiger partial charge on any atom is -0.496 e. The molecule has 0 fully saturated rings. The minimum absolute atomic E-state index is 0.0249. The van der Waals surface area contributed by atoms with Gasteiger partial charge in [0, 0.05) is 12.2 Å². The molecule has 0 saturated carbocycles. The summed E-state index contributed by atoms with van der Waals surface area (Å²) in [5.74, 6) is 1.13. The first-order chi connectivity index (χ1) is 13.6. The molecule has 1 aromatic heterocycles. The van der Waals surface area contributed by atoms with Crippen LogP contribution in [-0.2, 0) is 11.2 Å². The predicted octanol–water partition coefficient (Wildman–Crippen LogP) is 4.05. The summed E-state index contributed by atoms with van der Waals surface area (Å²) in [5.41, 5.74) is 3.25. The average molecular weight is 415 g/mol. The van der Waals surface area contributed by atoms with Crippen LogP contribution in [0.3, 0.4) is 0 Å². The summed E-state index contributed by atoms with van der Waals surface area (Å²) >= 11 is 2.82. The van der Waals surface area contributed by atoms with Crippen molar-refractivity contribution in [3.63, 3.8) is 0 Å². The van der Waals surface area contributed by atoms with Crippen LogP contribution in [0.4, 0.5) is 10.8 Å². The monoisotopic (exact) mass is 414 g/mol. The van der Waals surface area contributed by atoms with E-state index in [2.05, 4.69) is 20.8 Å². The number of nitrogens with zero attached hydrogens (tertiary/aromatic N) is 2. The topological polar surface area (TPSA) is 76.1 Å². The summed E-state index contributed by atoms with van der Waals surface area (Å²) in [6.45, 7) is 2.61. The molecule has 3 aromatic rings. The molecule has 28 heavy (non-hydrogen) atoms. The first-order valence-corrected chi connectivity index (χ1v) is 10.6. The number of rotatable bonds is 9. The van der Waals surface area contributed by atoms with E-state index < -0.39 is 0 Å². The number of aryl methyl sites for hydroxylation is 1. The summed E-state index contributed by atoms with van der Waals surface area (Å²) in [5, 5.41) is 15.1. The lowest BCUT2D eigenvalue weighted by molar-refractivity contribution is -0.118. The van der Waals surface area contributed by atoms with Crippen molar-refractivity contribution in [3.05, 3.63) is 59.7 Å². The Morgan fingerprint density at radius 3 is 2.71 bits per heavy atom. The van der Waals surface area contributed by atoms with Crippen molar-refractivity contribution >= 4 is 39.8 Å². The molecule has 146 valence electrons. The van der Waals surface area contributed by atoms with Gasteiger partial charge in [0.2, 0.25) is 11.0 Å². The van der Waals surface area contributed by atoms with Crippen molar-refractivity contribution in [1.82, 2.24) is 15.5 Å². The lowest BCUT2D eigenvalue weighted by Crippen LogP contribution is -2.27. The van der Waals surface area contributed by atoms with Crippen LogP contribution < -0.4 is 15.4 Å². The van der Waals surface area contributed by atoms with Crippen LogP contribution in [-0.4, -0.2) is 35.5 Å². The lowest BCUT2D eigenvalue weighted by Gasteiger charge is -2.08. The number of methoxy groups -OCH3 is 1. The maximum Gasteiger partial charge on any atom is 0.230 e. The number of nitrogens with one attached hydrogen (secondary N) is 2. The molecule has 2 N–H and O–H groups in total. The number of aromatic nitrogens is 2. The quantitative estimate of drug-likeness (QED) is 0.515. The number of benzene rings is 2. The molecular formula is C20H22N4O2S2. The van der Waals surface area contributed by atoms with Crippen molar-refractivity contribution in [2.24, 2.45) is 0 Å². The van der Waals surface area contributed by atoms with Crippen LogP contribution >= 0.6 is 23.1 Å². The molecule has 1 amide bonds. The third kappa shape index (κ3) is 5.97. The van der Waals surface area contributed by atoms with Gasteiger partial charge in [-0.05, 0) is 37.1 Å². The highest BCUT2D eigenvalue weighted by molar-refractivity contribution is 8.01. The highest BCUT2D eigenvalue weighted by Gasteiger charge is 2.09. The van der Waals surface area contributed by atoms with Crippen molar-refractivity contribution in [3.8, 4) is 5.75 Å². The van der Waals surface area contributed by atoms with Gasteiger partial charge >= 0.3 is 0 Å². The molecule has 0 saturated heterocycles. The van der Waals surface area contributed by atoms with Gasteiger partial charge in [-0.15, -0.1) is 10.2 Å². The van der Waals surface area contributed by atoms with Crippen molar-refractivity contribution in [1.29, 1.82) is 0 Å². The Bertz CT molecular complexity index is 913. The van der Waals surface area contributed by atoms with Gasteiger partial charge in [-0.1, -0.05) is 59.0 Å². The van der Waals surface area contributed by atoms with E-state index in [9.17, 15) is 4.79 Å². The lowest BCUT2D eigenvalue weighted by atomic mass is 10.1. The maximum absolute atomic E-state index is 12.1. The fourth-order valence-corrected chi connectivity index (χ4v) is 4.11. The third-order valence-corrected chi connectivity index (χ3v) is 5.92. The second-order valence-corrected chi connectivity index (χ2v) is 8.26. The van der Waals surface area contributed by atoms with Gasteiger partial charge in [0.1, 0.15) is 5.75 Å². The Kier molecular flexibility index (Phi) is 7.27. The summed E-state index contributed by atoms with van der Waals surface area (Å²) in [6, 6.07) is 15.9. The number of thioether (sulfide) groups is 1. The van der Waals surface area contributed by atoms with Crippen molar-refractivity contribution in [2.45, 2.75) is 17.7 Å². The molecule has 0 atom stereocenters. The van der Waals surface area contributed by atoms with Crippen LogP contribution in [0.2, 0.25) is 0 Å². The van der Waals surface area contributed by atoms with Gasteiger partial charge in [0.25, 0.3) is 0 Å². The second kappa shape index (κ2) is 10.1. The number of hydrogen-bond acceptors (Lipinski definition) is 7. The molecule has 0 bridgehead atoms. The van der Waals surface area contributed by atoms with Crippen LogP contribution in [0.25, 0.3) is 0 Å². The van der Waals surface area contributed by atoms with E-state index in [1.165, 1.54) is 28.7 Å². The minimum atomic E-state index is -0.0249. The Morgan fingerprint density at radius 1 is 1.14 bits per heavy atom. The molecule has 2 aromatic carbocycles. The van der Waals surface area contributed by atoms with E-state index in [0.29, 0.717) is 17.4 Å². The molecule has 8 heteroatoms. The van der Waals surface area contributed by atoms with Crippen molar-refractivity contribution < 1.29 is 9.53 Å². The van der Waals surface area contributed by atoms with E-state index >= 15 is 0 Å². The van der Waals surface area contributed by atoms with E-state index in [4.69, 9.17) is 4.74 Å². The maximum atomic E-state index is 12.1. The molecule has 0 radical (unpaired) electrons. The first-order valence-electron chi connectivity index (χ1n) is 8.82. The Hall–Kier alpha value is -2.58. The van der Waals surface area contributed by atoms with Gasteiger partial charge in [0.15, 0.2) is 4.34 Å². The molecule has 0 unspecified atom stereocenters. The Labute approximate surface area is 172 Å². The van der Waals surface area contributed by atoms with Crippen LogP contribution in [0.5, 0.6) is 5.75 Å². The van der Waals surface area contributed by atoms with E-state index in [0.717, 1.165) is 27.8 Å². The molecule has 0 aliphatic heterocycles. The second-order valence-electron chi connectivity index (χ2n) is 6.06. The van der Waals surface area contributed by atoms with E-state index in [1.807, 2.05) is 55.5 Å². The van der Waals surface area contributed by atoms with E-state index in [-0.39, 0.29) is 5.91 Å². The molecule has 6 nitrogen and oxygen atoms in total. The zero-order valence-electron chi connectivity index (χ0n) is 15.8. The number of carbonyl (C=O) groups excluding carboxylic acids is 1. The van der Waals surface area contributed by atoms with Crippen LogP contribution in [0.1, 0.15) is 11.1 Å².